The summed E-state index contributed by atoms with van der Waals surface area (Å²) < 4.78 is 16.0. The predicted molar refractivity (Wildman–Crippen MR) is 99.3 cm³/mol. The molecule has 6 heteroatoms. The summed E-state index contributed by atoms with van der Waals surface area (Å²) in [5, 5.41) is 2.82. The summed E-state index contributed by atoms with van der Waals surface area (Å²) in [7, 11) is 4.65. The molecule has 25 heavy (non-hydrogen) atoms. The summed E-state index contributed by atoms with van der Waals surface area (Å²) in [6.07, 6.45) is 0.733. The maximum atomic E-state index is 12.7. The van der Waals surface area contributed by atoms with E-state index in [1.807, 2.05) is 0 Å². The number of hydrogen-bond donors (Lipinski definition) is 1. The second-order valence-electron chi connectivity index (χ2n) is 5.83. The fourth-order valence-corrected chi connectivity index (χ4v) is 4.15. The van der Waals surface area contributed by atoms with E-state index >= 15 is 0 Å². The summed E-state index contributed by atoms with van der Waals surface area (Å²) in [4.78, 5) is 13.9. The number of rotatable bonds is 5. The van der Waals surface area contributed by atoms with Crippen molar-refractivity contribution in [1.82, 2.24) is 0 Å². The lowest BCUT2D eigenvalue weighted by molar-refractivity contribution is -0.115. The van der Waals surface area contributed by atoms with Gasteiger partial charge >= 0.3 is 0 Å². The first-order valence-electron chi connectivity index (χ1n) is 7.92. The third kappa shape index (κ3) is 3.54. The van der Waals surface area contributed by atoms with E-state index in [9.17, 15) is 4.79 Å². The fraction of sp³-hybridized carbons (Fsp3) is 0.316. The van der Waals surface area contributed by atoms with Crippen LogP contribution in [-0.4, -0.2) is 32.5 Å². The molecular formula is C19H21NO4S. The van der Waals surface area contributed by atoms with Gasteiger partial charge in [-0.25, -0.2) is 0 Å². The van der Waals surface area contributed by atoms with Crippen LogP contribution in [0.15, 0.2) is 35.2 Å². The first kappa shape index (κ1) is 17.5. The van der Waals surface area contributed by atoms with Gasteiger partial charge < -0.3 is 19.5 Å². The van der Waals surface area contributed by atoms with Gasteiger partial charge in [-0.15, -0.1) is 11.8 Å². The van der Waals surface area contributed by atoms with Crippen LogP contribution in [0.4, 0.5) is 5.69 Å². The van der Waals surface area contributed by atoms with Crippen molar-refractivity contribution in [2.75, 3.05) is 26.6 Å². The number of hydrogen-bond acceptors (Lipinski definition) is 5. The van der Waals surface area contributed by atoms with Crippen LogP contribution in [0.2, 0.25) is 0 Å². The van der Waals surface area contributed by atoms with Crippen LogP contribution in [0, 0.1) is 6.92 Å². The Morgan fingerprint density at radius 3 is 2.36 bits per heavy atom. The average molecular weight is 359 g/mol. The van der Waals surface area contributed by atoms with E-state index in [-0.39, 0.29) is 11.2 Å². The second-order valence-corrected chi connectivity index (χ2v) is 7.07. The van der Waals surface area contributed by atoms with Gasteiger partial charge in [0.2, 0.25) is 11.7 Å². The van der Waals surface area contributed by atoms with Crippen molar-refractivity contribution in [3.63, 3.8) is 0 Å². The van der Waals surface area contributed by atoms with Gasteiger partial charge in [-0.3, -0.25) is 4.79 Å². The lowest BCUT2D eigenvalue weighted by atomic mass is 10.1. The Bertz CT molecular complexity index is 781. The molecule has 3 rings (SSSR count). The van der Waals surface area contributed by atoms with Crippen LogP contribution >= 0.6 is 11.8 Å². The number of nitrogens with one attached hydrogen (secondary N) is 1. The maximum Gasteiger partial charge on any atom is 0.238 e. The highest BCUT2D eigenvalue weighted by atomic mass is 32.2. The zero-order chi connectivity index (χ0) is 18.0. The molecule has 0 saturated carbocycles. The highest BCUT2D eigenvalue weighted by molar-refractivity contribution is 8.01. The van der Waals surface area contributed by atoms with Crippen molar-refractivity contribution >= 4 is 23.4 Å². The average Bonchev–Trinajstić information content (AvgIpc) is 3.04. The molecule has 1 amide bonds. The van der Waals surface area contributed by atoms with Crippen molar-refractivity contribution in [1.29, 1.82) is 0 Å². The molecule has 2 aromatic carbocycles. The number of amides is 1. The molecule has 0 spiro atoms. The van der Waals surface area contributed by atoms with Crippen molar-refractivity contribution in [2.24, 2.45) is 0 Å². The van der Waals surface area contributed by atoms with E-state index in [1.165, 1.54) is 16.0 Å². The zero-order valence-electron chi connectivity index (χ0n) is 14.7. The Balaban J connectivity index is 1.78. The molecule has 2 aromatic rings. The first-order valence-corrected chi connectivity index (χ1v) is 8.80. The molecule has 0 aromatic heterocycles. The summed E-state index contributed by atoms with van der Waals surface area (Å²) in [5.74, 6) is 1.49. The number of anilines is 1. The minimum Gasteiger partial charge on any atom is -0.493 e. The van der Waals surface area contributed by atoms with Gasteiger partial charge in [0.05, 0.1) is 26.6 Å². The van der Waals surface area contributed by atoms with Gasteiger partial charge in [-0.2, -0.15) is 0 Å². The summed E-state index contributed by atoms with van der Waals surface area (Å²) >= 11 is 1.61. The normalized spacial score (nSPS) is 15.4. The predicted octanol–water partition coefficient (Wildman–Crippen LogP) is 3.68. The molecule has 0 aliphatic carbocycles. The summed E-state index contributed by atoms with van der Waals surface area (Å²) in [6.45, 7) is 2.06. The monoisotopic (exact) mass is 359 g/mol. The Morgan fingerprint density at radius 1 is 1.08 bits per heavy atom. The largest absolute Gasteiger partial charge is 0.493 e. The molecule has 1 aliphatic heterocycles. The summed E-state index contributed by atoms with van der Waals surface area (Å²) in [5.41, 5.74) is 3.05. The van der Waals surface area contributed by atoms with E-state index in [4.69, 9.17) is 14.2 Å². The Kier molecular flexibility index (Phi) is 5.08. The molecule has 0 fully saturated rings. The smallest absolute Gasteiger partial charge is 0.238 e. The van der Waals surface area contributed by atoms with Gasteiger partial charge in [-0.05, 0) is 25.0 Å². The topological polar surface area (TPSA) is 56.8 Å². The van der Waals surface area contributed by atoms with Gasteiger partial charge in [0.1, 0.15) is 0 Å². The number of carbonyl (C=O) groups excluding carboxylic acids is 1. The highest BCUT2D eigenvalue weighted by Gasteiger charge is 2.28. The maximum absolute atomic E-state index is 12.7. The molecule has 0 saturated heterocycles. The minimum absolute atomic E-state index is 0.0341. The molecule has 132 valence electrons. The quantitative estimate of drug-likeness (QED) is 0.883. The van der Waals surface area contributed by atoms with Crippen LogP contribution in [0.3, 0.4) is 0 Å². The van der Waals surface area contributed by atoms with Gasteiger partial charge in [0.15, 0.2) is 11.5 Å². The molecule has 1 aliphatic rings. The lowest BCUT2D eigenvalue weighted by Crippen LogP contribution is -2.24. The fourth-order valence-electron chi connectivity index (χ4n) is 2.86. The zero-order valence-corrected chi connectivity index (χ0v) is 15.5. The van der Waals surface area contributed by atoms with Crippen LogP contribution in [0.1, 0.15) is 11.1 Å². The number of thioether (sulfide) groups is 1. The van der Waals surface area contributed by atoms with Crippen LogP contribution < -0.4 is 19.5 Å². The Labute approximate surface area is 151 Å². The van der Waals surface area contributed by atoms with Crippen LogP contribution in [0.5, 0.6) is 17.2 Å². The molecule has 1 atom stereocenters. The SMILES string of the molecule is COc1cc(NC(=O)[C@H]2Cc3ccc(C)cc3S2)cc(OC)c1OC. The Morgan fingerprint density at radius 2 is 1.76 bits per heavy atom. The van der Waals surface area contributed by atoms with E-state index in [0.29, 0.717) is 22.9 Å². The molecule has 0 unspecified atom stereocenters. The van der Waals surface area contributed by atoms with Crippen molar-refractivity contribution in [2.45, 2.75) is 23.5 Å². The summed E-state index contributed by atoms with van der Waals surface area (Å²) in [6, 6.07) is 9.78. The minimum atomic E-state index is -0.143. The van der Waals surface area contributed by atoms with Gasteiger partial charge in [-0.1, -0.05) is 17.7 Å². The number of carbonyl (C=O) groups is 1. The molecule has 5 nitrogen and oxygen atoms in total. The molecule has 1 N–H and O–H groups in total. The van der Waals surface area contributed by atoms with Crippen molar-refractivity contribution < 1.29 is 19.0 Å². The first-order chi connectivity index (χ1) is 12.0. The number of fused-ring (bicyclic) bond motifs is 1. The van der Waals surface area contributed by atoms with E-state index in [1.54, 1.807) is 45.2 Å². The van der Waals surface area contributed by atoms with Gasteiger partial charge in [0, 0.05) is 22.7 Å². The van der Waals surface area contributed by atoms with Gasteiger partial charge in [0.25, 0.3) is 0 Å². The third-order valence-corrected chi connectivity index (χ3v) is 5.42. The highest BCUT2D eigenvalue weighted by Crippen LogP contribution is 2.41. The molecular weight excluding hydrogens is 338 g/mol. The van der Waals surface area contributed by atoms with Crippen molar-refractivity contribution in [3.05, 3.63) is 41.5 Å². The van der Waals surface area contributed by atoms with Crippen LogP contribution in [-0.2, 0) is 11.2 Å². The number of methoxy groups -OCH3 is 3. The van der Waals surface area contributed by atoms with Crippen LogP contribution in [0.25, 0.3) is 0 Å². The van der Waals surface area contributed by atoms with E-state index in [2.05, 4.69) is 30.4 Å². The second kappa shape index (κ2) is 7.27. The molecule has 0 radical (unpaired) electrons. The number of ether oxygens (including phenoxy) is 3. The number of benzene rings is 2. The Hall–Kier alpha value is -2.34. The number of aryl methyl sites for hydroxylation is 1. The third-order valence-electron chi connectivity index (χ3n) is 4.12. The lowest BCUT2D eigenvalue weighted by Gasteiger charge is -2.15. The van der Waals surface area contributed by atoms with E-state index < -0.39 is 0 Å². The van der Waals surface area contributed by atoms with Crippen molar-refractivity contribution in [3.8, 4) is 17.2 Å². The van der Waals surface area contributed by atoms with E-state index in [0.717, 1.165) is 6.42 Å². The molecule has 1 heterocycles. The standard InChI is InChI=1S/C19H21NO4S/c1-11-5-6-12-8-17(25-16(12)7-11)19(21)20-13-9-14(22-2)18(24-4)15(10-13)23-3/h5-7,9-10,17H,8H2,1-4H3,(H,20,21)/t17-/m1/s1. The molecule has 0 bridgehead atoms.